The summed E-state index contributed by atoms with van der Waals surface area (Å²) in [6.45, 7) is 7.13. The molecule has 12 nitrogen and oxygen atoms in total. The maximum atomic E-state index is 12.6. The van der Waals surface area contributed by atoms with E-state index in [9.17, 15) is 9.59 Å². The van der Waals surface area contributed by atoms with E-state index in [4.69, 9.17) is 14.2 Å². The SMILES string of the molecule is COc1cc(N2CCc3nc(NC(=O)NCCC(=O)N4CCOCC4(C)C)sc3C2)nc(OC)n1. The average Bonchev–Trinajstić information content (AvgIpc) is 3.24. The Labute approximate surface area is 208 Å². The van der Waals surface area contributed by atoms with Crippen LogP contribution in [0, 0.1) is 0 Å². The van der Waals surface area contributed by atoms with E-state index in [0.29, 0.717) is 56.1 Å². The van der Waals surface area contributed by atoms with E-state index in [1.54, 1.807) is 13.2 Å². The summed E-state index contributed by atoms with van der Waals surface area (Å²) in [5.74, 6) is 1.13. The summed E-state index contributed by atoms with van der Waals surface area (Å²) in [6.07, 6.45) is 0.944. The summed E-state index contributed by atoms with van der Waals surface area (Å²) in [7, 11) is 3.06. The van der Waals surface area contributed by atoms with Crippen LogP contribution in [0.5, 0.6) is 11.9 Å². The number of thiazole rings is 1. The van der Waals surface area contributed by atoms with Gasteiger partial charge in [0.25, 0.3) is 0 Å². The highest BCUT2D eigenvalue weighted by molar-refractivity contribution is 7.15. The molecule has 0 aliphatic carbocycles. The number of amides is 3. The number of morpholine rings is 1. The van der Waals surface area contributed by atoms with Crippen molar-refractivity contribution in [1.29, 1.82) is 0 Å². The van der Waals surface area contributed by atoms with Gasteiger partial charge >= 0.3 is 12.0 Å². The molecule has 2 N–H and O–H groups in total. The van der Waals surface area contributed by atoms with Crippen LogP contribution in [0.1, 0.15) is 30.8 Å². The minimum Gasteiger partial charge on any atom is -0.481 e. The lowest BCUT2D eigenvalue weighted by atomic mass is 10.0. The lowest BCUT2D eigenvalue weighted by Crippen LogP contribution is -2.55. The van der Waals surface area contributed by atoms with Crippen LogP contribution in [-0.2, 0) is 22.5 Å². The zero-order valence-electron chi connectivity index (χ0n) is 20.4. The lowest BCUT2D eigenvalue weighted by molar-refractivity contribution is -0.146. The Hall–Kier alpha value is -3.19. The summed E-state index contributed by atoms with van der Waals surface area (Å²) in [6, 6.07) is 1.62. The van der Waals surface area contributed by atoms with Crippen molar-refractivity contribution in [2.75, 3.05) is 57.3 Å². The molecule has 35 heavy (non-hydrogen) atoms. The van der Waals surface area contributed by atoms with Gasteiger partial charge in [-0.05, 0) is 13.8 Å². The van der Waals surface area contributed by atoms with Crippen molar-refractivity contribution in [2.24, 2.45) is 0 Å². The predicted molar refractivity (Wildman–Crippen MR) is 130 cm³/mol. The second kappa shape index (κ2) is 10.6. The number of hydrogen-bond donors (Lipinski definition) is 2. The Morgan fingerprint density at radius 2 is 2.03 bits per heavy atom. The van der Waals surface area contributed by atoms with Crippen LogP contribution in [0.3, 0.4) is 0 Å². The monoisotopic (exact) mass is 505 g/mol. The number of anilines is 2. The van der Waals surface area contributed by atoms with Crippen LogP contribution >= 0.6 is 11.3 Å². The van der Waals surface area contributed by atoms with Gasteiger partial charge in [-0.2, -0.15) is 9.97 Å². The standard InChI is InChI=1S/C22H31N7O5S/c1-22(2)13-34-10-9-29(22)18(30)5-7-23-19(31)27-21-24-14-6-8-28(12-15(14)35-21)16-11-17(32-3)26-20(25-16)33-4/h11H,5-10,12-13H2,1-4H3,(H2,23,24,27,31). The summed E-state index contributed by atoms with van der Waals surface area (Å²) in [4.78, 5) is 43.0. The van der Waals surface area contributed by atoms with E-state index in [2.05, 4.69) is 30.5 Å². The molecule has 0 bridgehead atoms. The van der Waals surface area contributed by atoms with E-state index in [1.807, 2.05) is 18.7 Å². The molecule has 2 aliphatic heterocycles. The number of methoxy groups -OCH3 is 2. The Bertz CT molecular complexity index is 1050. The minimum absolute atomic E-state index is 0.00128. The van der Waals surface area contributed by atoms with Crippen molar-refractivity contribution in [1.82, 2.24) is 25.2 Å². The number of aromatic nitrogens is 3. The van der Waals surface area contributed by atoms with Gasteiger partial charge in [0.15, 0.2) is 5.13 Å². The van der Waals surface area contributed by atoms with Crippen LogP contribution in [0.25, 0.3) is 0 Å². The molecule has 4 heterocycles. The van der Waals surface area contributed by atoms with E-state index in [1.165, 1.54) is 18.4 Å². The van der Waals surface area contributed by atoms with Crippen molar-refractivity contribution in [3.63, 3.8) is 0 Å². The van der Waals surface area contributed by atoms with Crippen molar-refractivity contribution in [3.05, 3.63) is 16.6 Å². The lowest BCUT2D eigenvalue weighted by Gasteiger charge is -2.42. The third kappa shape index (κ3) is 5.90. The highest BCUT2D eigenvalue weighted by Crippen LogP contribution is 2.31. The molecule has 13 heteroatoms. The third-order valence-corrected chi connectivity index (χ3v) is 6.90. The first-order valence-electron chi connectivity index (χ1n) is 11.4. The van der Waals surface area contributed by atoms with Gasteiger partial charge in [-0.15, -0.1) is 0 Å². The van der Waals surface area contributed by atoms with Crippen LogP contribution in [-0.4, -0.2) is 84.4 Å². The molecule has 0 aromatic carbocycles. The van der Waals surface area contributed by atoms with Crippen molar-refractivity contribution < 1.29 is 23.8 Å². The summed E-state index contributed by atoms with van der Waals surface area (Å²) < 4.78 is 15.9. The zero-order chi connectivity index (χ0) is 25.0. The molecule has 0 spiro atoms. The van der Waals surface area contributed by atoms with E-state index >= 15 is 0 Å². The summed E-state index contributed by atoms with van der Waals surface area (Å²) in [5, 5.41) is 6.06. The maximum Gasteiger partial charge on any atom is 0.321 e. The average molecular weight is 506 g/mol. The van der Waals surface area contributed by atoms with Gasteiger partial charge in [0.05, 0.1) is 45.2 Å². The number of nitrogens with one attached hydrogen (secondary N) is 2. The molecule has 2 aromatic rings. The van der Waals surface area contributed by atoms with Gasteiger partial charge in [0, 0.05) is 43.4 Å². The molecule has 4 rings (SSSR count). The first kappa shape index (κ1) is 24.9. The number of rotatable bonds is 7. The first-order valence-corrected chi connectivity index (χ1v) is 12.2. The fourth-order valence-electron chi connectivity index (χ4n) is 4.07. The minimum atomic E-state index is -0.382. The Balaban J connectivity index is 1.30. The number of nitrogens with zero attached hydrogens (tertiary/aromatic N) is 5. The van der Waals surface area contributed by atoms with Crippen LogP contribution in [0.2, 0.25) is 0 Å². The van der Waals surface area contributed by atoms with Crippen molar-refractivity contribution in [2.45, 2.75) is 38.8 Å². The maximum absolute atomic E-state index is 12.6. The molecule has 2 aliphatic rings. The Kier molecular flexibility index (Phi) is 7.55. The van der Waals surface area contributed by atoms with Gasteiger partial charge in [0.1, 0.15) is 5.82 Å². The number of carbonyl (C=O) groups is 2. The number of urea groups is 1. The van der Waals surface area contributed by atoms with Crippen LogP contribution in [0.4, 0.5) is 15.7 Å². The molecule has 0 saturated carbocycles. The van der Waals surface area contributed by atoms with Crippen LogP contribution in [0.15, 0.2) is 6.07 Å². The molecule has 0 atom stereocenters. The van der Waals surface area contributed by atoms with Crippen LogP contribution < -0.4 is 25.0 Å². The second-order valence-electron chi connectivity index (χ2n) is 8.86. The number of hydrogen-bond acceptors (Lipinski definition) is 10. The fourth-order valence-corrected chi connectivity index (χ4v) is 5.09. The largest absolute Gasteiger partial charge is 0.481 e. The number of carbonyl (C=O) groups excluding carboxylic acids is 2. The third-order valence-electron chi connectivity index (χ3n) is 5.91. The molecule has 2 aromatic heterocycles. The number of fused-ring (bicyclic) bond motifs is 1. The second-order valence-corrected chi connectivity index (χ2v) is 9.94. The Morgan fingerprint density at radius 1 is 1.20 bits per heavy atom. The molecule has 0 unspecified atom stereocenters. The van der Waals surface area contributed by atoms with Gasteiger partial charge in [0.2, 0.25) is 11.8 Å². The smallest absolute Gasteiger partial charge is 0.321 e. The summed E-state index contributed by atoms with van der Waals surface area (Å²) >= 11 is 1.42. The molecular formula is C22H31N7O5S. The predicted octanol–water partition coefficient (Wildman–Crippen LogP) is 1.66. The highest BCUT2D eigenvalue weighted by Gasteiger charge is 2.33. The fraction of sp³-hybridized carbons (Fsp3) is 0.591. The van der Waals surface area contributed by atoms with E-state index in [0.717, 1.165) is 10.6 Å². The highest BCUT2D eigenvalue weighted by atomic mass is 32.1. The molecule has 1 fully saturated rings. The first-order chi connectivity index (χ1) is 16.8. The van der Waals surface area contributed by atoms with Gasteiger partial charge in [-0.1, -0.05) is 11.3 Å². The van der Waals surface area contributed by atoms with E-state index in [-0.39, 0.29) is 36.5 Å². The molecule has 0 radical (unpaired) electrons. The van der Waals surface area contributed by atoms with Gasteiger partial charge in [-0.25, -0.2) is 9.78 Å². The summed E-state index contributed by atoms with van der Waals surface area (Å²) in [5.41, 5.74) is 0.618. The molecule has 1 saturated heterocycles. The number of ether oxygens (including phenoxy) is 3. The normalized spacial score (nSPS) is 16.9. The molecular weight excluding hydrogens is 474 g/mol. The zero-order valence-corrected chi connectivity index (χ0v) is 21.2. The topological polar surface area (TPSA) is 131 Å². The van der Waals surface area contributed by atoms with Gasteiger partial charge in [-0.3, -0.25) is 10.1 Å². The Morgan fingerprint density at radius 3 is 2.77 bits per heavy atom. The molecule has 3 amide bonds. The van der Waals surface area contributed by atoms with Crippen molar-refractivity contribution in [3.8, 4) is 11.9 Å². The van der Waals surface area contributed by atoms with Gasteiger partial charge < -0.3 is 29.3 Å². The molecule has 190 valence electrons. The van der Waals surface area contributed by atoms with Crippen molar-refractivity contribution >= 4 is 34.2 Å². The quantitative estimate of drug-likeness (QED) is 0.577. The van der Waals surface area contributed by atoms with E-state index < -0.39 is 0 Å².